The van der Waals surface area contributed by atoms with Gasteiger partial charge in [0.05, 0.1) is 0 Å². The van der Waals surface area contributed by atoms with Gasteiger partial charge in [0.1, 0.15) is 11.6 Å². The molecule has 0 saturated carbocycles. The van der Waals surface area contributed by atoms with Crippen molar-refractivity contribution in [2.45, 2.75) is 26.5 Å². The van der Waals surface area contributed by atoms with Crippen molar-refractivity contribution < 1.29 is 13.9 Å². The Balaban J connectivity index is 1.93. The fourth-order valence-corrected chi connectivity index (χ4v) is 2.18. The van der Waals surface area contributed by atoms with E-state index in [9.17, 15) is 9.18 Å². The zero-order valence-corrected chi connectivity index (χ0v) is 13.2. The molecule has 2 aromatic carbocycles. The van der Waals surface area contributed by atoms with Gasteiger partial charge in [0, 0.05) is 17.1 Å². The van der Waals surface area contributed by atoms with E-state index < -0.39 is 6.10 Å². The molecular weight excluding hydrogens is 305 g/mol. The summed E-state index contributed by atoms with van der Waals surface area (Å²) in [5, 5.41) is 3.27. The fourth-order valence-electron chi connectivity index (χ4n) is 1.96. The first kappa shape index (κ1) is 16.3. The van der Waals surface area contributed by atoms with Gasteiger partial charge >= 0.3 is 0 Å². The molecule has 1 N–H and O–H groups in total. The van der Waals surface area contributed by atoms with E-state index in [-0.39, 0.29) is 18.3 Å². The second-order valence-electron chi connectivity index (χ2n) is 4.98. The lowest BCUT2D eigenvalue weighted by atomic mass is 10.2. The molecule has 0 heterocycles. The first-order valence-corrected chi connectivity index (χ1v) is 7.29. The molecule has 116 valence electrons. The number of hydrogen-bond acceptors (Lipinski definition) is 2. The summed E-state index contributed by atoms with van der Waals surface area (Å²) in [5.74, 6) is -0.0551. The van der Waals surface area contributed by atoms with E-state index in [0.717, 1.165) is 5.56 Å². The van der Waals surface area contributed by atoms with E-state index in [4.69, 9.17) is 16.3 Å². The van der Waals surface area contributed by atoms with Crippen molar-refractivity contribution >= 4 is 17.5 Å². The van der Waals surface area contributed by atoms with Crippen LogP contribution in [0.1, 0.15) is 18.1 Å². The third-order valence-corrected chi connectivity index (χ3v) is 3.46. The molecule has 2 rings (SSSR count). The average molecular weight is 322 g/mol. The number of amides is 1. The Morgan fingerprint density at radius 3 is 2.73 bits per heavy atom. The van der Waals surface area contributed by atoms with Crippen LogP contribution in [-0.2, 0) is 11.3 Å². The quantitative estimate of drug-likeness (QED) is 0.907. The van der Waals surface area contributed by atoms with Crippen LogP contribution in [0.15, 0.2) is 42.5 Å². The number of halogens is 2. The molecule has 1 amide bonds. The molecule has 0 aliphatic carbocycles. The summed E-state index contributed by atoms with van der Waals surface area (Å²) in [6, 6.07) is 11.5. The van der Waals surface area contributed by atoms with Crippen LogP contribution < -0.4 is 10.1 Å². The standard InChI is InChI=1S/C17H17ClFNO2/c1-11-9-14(18)7-8-16(11)22-12(2)17(21)20-10-13-5-3-4-6-15(13)19/h3-9,12H,10H2,1-2H3,(H,20,21). The van der Waals surface area contributed by atoms with Gasteiger partial charge in [-0.15, -0.1) is 0 Å². The van der Waals surface area contributed by atoms with Gasteiger partial charge in [-0.05, 0) is 43.7 Å². The summed E-state index contributed by atoms with van der Waals surface area (Å²) < 4.78 is 19.1. The lowest BCUT2D eigenvalue weighted by Gasteiger charge is -2.16. The molecule has 0 spiro atoms. The molecular formula is C17H17ClFNO2. The molecule has 1 unspecified atom stereocenters. The highest BCUT2D eigenvalue weighted by atomic mass is 35.5. The predicted molar refractivity (Wildman–Crippen MR) is 84.5 cm³/mol. The fraction of sp³-hybridized carbons (Fsp3) is 0.235. The van der Waals surface area contributed by atoms with Gasteiger partial charge in [0.25, 0.3) is 5.91 Å². The second-order valence-corrected chi connectivity index (χ2v) is 5.42. The zero-order chi connectivity index (χ0) is 16.1. The molecule has 0 saturated heterocycles. The van der Waals surface area contributed by atoms with Crippen molar-refractivity contribution in [3.63, 3.8) is 0 Å². The molecule has 0 fully saturated rings. The predicted octanol–water partition coefficient (Wildman–Crippen LogP) is 3.87. The number of carbonyl (C=O) groups is 1. The SMILES string of the molecule is Cc1cc(Cl)ccc1OC(C)C(=O)NCc1ccccc1F. The highest BCUT2D eigenvalue weighted by Gasteiger charge is 2.16. The summed E-state index contributed by atoms with van der Waals surface area (Å²) in [5.41, 5.74) is 1.28. The molecule has 0 bridgehead atoms. The summed E-state index contributed by atoms with van der Waals surface area (Å²) in [4.78, 5) is 12.0. The molecule has 2 aromatic rings. The highest BCUT2D eigenvalue weighted by molar-refractivity contribution is 6.30. The van der Waals surface area contributed by atoms with Crippen LogP contribution in [0.4, 0.5) is 4.39 Å². The number of nitrogens with one attached hydrogen (secondary N) is 1. The number of aryl methyl sites for hydroxylation is 1. The summed E-state index contributed by atoms with van der Waals surface area (Å²) in [6.07, 6.45) is -0.688. The number of ether oxygens (including phenoxy) is 1. The maximum absolute atomic E-state index is 13.5. The van der Waals surface area contributed by atoms with Crippen LogP contribution in [0, 0.1) is 12.7 Å². The van der Waals surface area contributed by atoms with E-state index >= 15 is 0 Å². The monoisotopic (exact) mass is 321 g/mol. The van der Waals surface area contributed by atoms with Crippen molar-refractivity contribution in [2.75, 3.05) is 0 Å². The highest BCUT2D eigenvalue weighted by Crippen LogP contribution is 2.22. The van der Waals surface area contributed by atoms with Gasteiger partial charge < -0.3 is 10.1 Å². The van der Waals surface area contributed by atoms with Gasteiger partial charge in [0.15, 0.2) is 6.10 Å². The Morgan fingerprint density at radius 1 is 1.32 bits per heavy atom. The zero-order valence-electron chi connectivity index (χ0n) is 12.4. The van der Waals surface area contributed by atoms with Crippen LogP contribution in [-0.4, -0.2) is 12.0 Å². The van der Waals surface area contributed by atoms with Crippen molar-refractivity contribution in [2.24, 2.45) is 0 Å². The summed E-state index contributed by atoms with van der Waals surface area (Å²) in [6.45, 7) is 3.62. The first-order valence-electron chi connectivity index (χ1n) is 6.91. The normalized spacial score (nSPS) is 11.8. The Kier molecular flexibility index (Phi) is 5.39. The number of hydrogen-bond donors (Lipinski definition) is 1. The van der Waals surface area contributed by atoms with E-state index in [0.29, 0.717) is 16.3 Å². The number of rotatable bonds is 5. The van der Waals surface area contributed by atoms with E-state index in [2.05, 4.69) is 5.32 Å². The molecule has 5 heteroatoms. The van der Waals surface area contributed by atoms with Crippen LogP contribution >= 0.6 is 11.6 Å². The molecule has 1 atom stereocenters. The maximum atomic E-state index is 13.5. The van der Waals surface area contributed by atoms with Gasteiger partial charge in [-0.1, -0.05) is 29.8 Å². The van der Waals surface area contributed by atoms with Gasteiger partial charge in [-0.25, -0.2) is 4.39 Å². The second kappa shape index (κ2) is 7.27. The lowest BCUT2D eigenvalue weighted by Crippen LogP contribution is -2.36. The van der Waals surface area contributed by atoms with E-state index in [1.165, 1.54) is 6.07 Å². The molecule has 0 aliphatic heterocycles. The maximum Gasteiger partial charge on any atom is 0.261 e. The molecule has 0 aliphatic rings. The van der Waals surface area contributed by atoms with Crippen molar-refractivity contribution in [1.29, 1.82) is 0 Å². The molecule has 3 nitrogen and oxygen atoms in total. The molecule has 0 radical (unpaired) electrons. The topological polar surface area (TPSA) is 38.3 Å². The third kappa shape index (κ3) is 4.21. The van der Waals surface area contributed by atoms with E-state index in [1.54, 1.807) is 43.3 Å². The van der Waals surface area contributed by atoms with Crippen molar-refractivity contribution in [3.05, 3.63) is 64.4 Å². The largest absolute Gasteiger partial charge is 0.481 e. The van der Waals surface area contributed by atoms with Gasteiger partial charge in [-0.2, -0.15) is 0 Å². The minimum Gasteiger partial charge on any atom is -0.481 e. The Morgan fingerprint density at radius 2 is 2.05 bits per heavy atom. The third-order valence-electron chi connectivity index (χ3n) is 3.22. The van der Waals surface area contributed by atoms with Gasteiger partial charge in [0.2, 0.25) is 0 Å². The smallest absolute Gasteiger partial charge is 0.261 e. The molecule has 22 heavy (non-hydrogen) atoms. The van der Waals surface area contributed by atoms with Crippen molar-refractivity contribution in [3.8, 4) is 5.75 Å². The van der Waals surface area contributed by atoms with Gasteiger partial charge in [-0.3, -0.25) is 4.79 Å². The Bertz CT molecular complexity index is 675. The summed E-state index contributed by atoms with van der Waals surface area (Å²) >= 11 is 5.88. The Labute approximate surface area is 134 Å². The van der Waals surface area contributed by atoms with Crippen molar-refractivity contribution in [1.82, 2.24) is 5.32 Å². The van der Waals surface area contributed by atoms with Crippen LogP contribution in [0.2, 0.25) is 5.02 Å². The lowest BCUT2D eigenvalue weighted by molar-refractivity contribution is -0.127. The first-order chi connectivity index (χ1) is 10.5. The van der Waals surface area contributed by atoms with Crippen LogP contribution in [0.5, 0.6) is 5.75 Å². The van der Waals surface area contributed by atoms with Crippen LogP contribution in [0.25, 0.3) is 0 Å². The Hall–Kier alpha value is -2.07. The number of carbonyl (C=O) groups excluding carboxylic acids is 1. The minimum atomic E-state index is -0.688. The van der Waals surface area contributed by atoms with Crippen LogP contribution in [0.3, 0.4) is 0 Å². The summed E-state index contributed by atoms with van der Waals surface area (Å²) in [7, 11) is 0. The number of benzene rings is 2. The minimum absolute atomic E-state index is 0.124. The van der Waals surface area contributed by atoms with E-state index in [1.807, 2.05) is 6.92 Å². The molecule has 0 aromatic heterocycles. The average Bonchev–Trinajstić information content (AvgIpc) is 2.49.